The molecule has 0 bridgehead atoms. The van der Waals surface area contributed by atoms with Gasteiger partial charge in [-0.05, 0) is 110 Å². The zero-order valence-corrected chi connectivity index (χ0v) is 22.3. The van der Waals surface area contributed by atoms with E-state index >= 15 is 4.39 Å². The Kier molecular flexibility index (Phi) is 10.4. The summed E-state index contributed by atoms with van der Waals surface area (Å²) in [6.45, 7) is 2.57. The highest BCUT2D eigenvalue weighted by Crippen LogP contribution is 2.41. The predicted molar refractivity (Wildman–Crippen MR) is 148 cm³/mol. The summed E-state index contributed by atoms with van der Waals surface area (Å²) in [5, 5.41) is 18.9. The molecular weight excluding hydrogens is 447 g/mol. The van der Waals surface area contributed by atoms with Crippen LogP contribution in [0.15, 0.2) is 42.5 Å². The quantitative estimate of drug-likeness (QED) is 0.307. The minimum atomic E-state index is -0.122. The van der Waals surface area contributed by atoms with Gasteiger partial charge in [0.05, 0.1) is 0 Å². The van der Waals surface area contributed by atoms with E-state index < -0.39 is 0 Å². The Bertz CT molecular complexity index is 908. The van der Waals surface area contributed by atoms with E-state index in [9.17, 15) is 10.2 Å². The lowest BCUT2D eigenvalue weighted by atomic mass is 9.73. The fourth-order valence-corrected chi connectivity index (χ4v) is 6.99. The van der Waals surface area contributed by atoms with Gasteiger partial charge in [-0.3, -0.25) is 0 Å². The molecular formula is C33H47FO2. The third kappa shape index (κ3) is 6.98. The number of benzene rings is 2. The van der Waals surface area contributed by atoms with Crippen LogP contribution in [0.1, 0.15) is 113 Å². The zero-order valence-electron chi connectivity index (χ0n) is 22.3. The Hall–Kier alpha value is -1.71. The Labute approximate surface area is 218 Å². The van der Waals surface area contributed by atoms with E-state index in [0.717, 1.165) is 42.7 Å². The minimum Gasteiger partial charge on any atom is -0.396 e. The van der Waals surface area contributed by atoms with E-state index in [1.54, 1.807) is 6.07 Å². The summed E-state index contributed by atoms with van der Waals surface area (Å²) in [4.78, 5) is 0. The van der Waals surface area contributed by atoms with Gasteiger partial charge in [0.25, 0.3) is 0 Å². The summed E-state index contributed by atoms with van der Waals surface area (Å²) >= 11 is 0. The van der Waals surface area contributed by atoms with Crippen LogP contribution in [0, 0.1) is 23.6 Å². The maximum atomic E-state index is 15.2. The van der Waals surface area contributed by atoms with Crippen molar-refractivity contribution in [2.75, 3.05) is 13.2 Å². The molecule has 0 aromatic heterocycles. The average Bonchev–Trinajstić information content (AvgIpc) is 2.92. The Morgan fingerprint density at radius 2 is 1.44 bits per heavy atom. The number of hydrogen-bond donors (Lipinski definition) is 2. The summed E-state index contributed by atoms with van der Waals surface area (Å²) in [6, 6.07) is 14.5. The van der Waals surface area contributed by atoms with Gasteiger partial charge in [-0.25, -0.2) is 4.39 Å². The van der Waals surface area contributed by atoms with Crippen LogP contribution < -0.4 is 0 Å². The van der Waals surface area contributed by atoms with E-state index in [0.29, 0.717) is 29.7 Å². The second-order valence-corrected chi connectivity index (χ2v) is 11.6. The Morgan fingerprint density at radius 1 is 0.806 bits per heavy atom. The third-order valence-corrected chi connectivity index (χ3v) is 9.39. The van der Waals surface area contributed by atoms with Gasteiger partial charge in [-0.1, -0.05) is 69.0 Å². The number of unbranched alkanes of at least 4 members (excludes halogenated alkanes) is 2. The largest absolute Gasteiger partial charge is 0.396 e. The standard InChI is InChI=1S/C33H47FO2/c1-2-3-4-5-24-6-8-25(9-7-24)26-14-16-29(17-15-26)32-19-18-30(22-33(32)34)27-10-12-28(13-11-27)31(23-36)20-21-35/h14-19,22,24-25,27-28,31,35-36H,2-13,20-21,23H2,1H3. The number of aliphatic hydroxyl groups is 2. The normalized spacial score (nSPS) is 25.6. The topological polar surface area (TPSA) is 40.5 Å². The first-order valence-corrected chi connectivity index (χ1v) is 14.7. The SMILES string of the molecule is CCCCCC1CCC(c2ccc(-c3ccc(C4CCC(C(CO)CCO)CC4)cc3F)cc2)CC1. The van der Waals surface area contributed by atoms with Crippen molar-refractivity contribution < 1.29 is 14.6 Å². The second kappa shape index (κ2) is 13.7. The molecule has 0 radical (unpaired) electrons. The number of hydrogen-bond acceptors (Lipinski definition) is 2. The smallest absolute Gasteiger partial charge is 0.131 e. The first-order chi connectivity index (χ1) is 17.6. The van der Waals surface area contributed by atoms with Gasteiger partial charge in [0.1, 0.15) is 5.82 Å². The maximum Gasteiger partial charge on any atom is 0.131 e. The number of aliphatic hydroxyl groups excluding tert-OH is 2. The van der Waals surface area contributed by atoms with Crippen molar-refractivity contribution in [1.82, 2.24) is 0 Å². The third-order valence-electron chi connectivity index (χ3n) is 9.39. The van der Waals surface area contributed by atoms with Crippen LogP contribution in [-0.4, -0.2) is 23.4 Å². The molecule has 0 amide bonds. The molecule has 3 heteroatoms. The first kappa shape index (κ1) is 27.3. The molecule has 0 spiro atoms. The van der Waals surface area contributed by atoms with Gasteiger partial charge in [0.2, 0.25) is 0 Å². The summed E-state index contributed by atoms with van der Waals surface area (Å²) in [7, 11) is 0. The molecule has 1 atom stereocenters. The van der Waals surface area contributed by atoms with E-state index in [4.69, 9.17) is 0 Å². The van der Waals surface area contributed by atoms with Crippen LogP contribution in [0.5, 0.6) is 0 Å². The van der Waals surface area contributed by atoms with Crippen molar-refractivity contribution >= 4 is 0 Å². The highest BCUT2D eigenvalue weighted by molar-refractivity contribution is 5.65. The lowest BCUT2D eigenvalue weighted by Crippen LogP contribution is -2.24. The van der Waals surface area contributed by atoms with Crippen molar-refractivity contribution in [2.24, 2.45) is 17.8 Å². The molecule has 0 aliphatic heterocycles. The molecule has 2 aliphatic carbocycles. The van der Waals surface area contributed by atoms with Crippen molar-refractivity contribution in [2.45, 2.75) is 102 Å². The van der Waals surface area contributed by atoms with Gasteiger partial charge < -0.3 is 10.2 Å². The molecule has 2 saturated carbocycles. The molecule has 2 nitrogen and oxygen atoms in total. The lowest BCUT2D eigenvalue weighted by Gasteiger charge is -2.33. The van der Waals surface area contributed by atoms with Crippen LogP contribution in [0.3, 0.4) is 0 Å². The second-order valence-electron chi connectivity index (χ2n) is 11.6. The summed E-state index contributed by atoms with van der Waals surface area (Å²) in [5.41, 5.74) is 4.18. The molecule has 198 valence electrons. The van der Waals surface area contributed by atoms with Gasteiger partial charge in [0, 0.05) is 18.8 Å². The molecule has 0 saturated heterocycles. The van der Waals surface area contributed by atoms with Crippen LogP contribution in [-0.2, 0) is 0 Å². The molecule has 1 unspecified atom stereocenters. The fraction of sp³-hybridized carbons (Fsp3) is 0.636. The van der Waals surface area contributed by atoms with Gasteiger partial charge in [-0.2, -0.15) is 0 Å². The van der Waals surface area contributed by atoms with Gasteiger partial charge in [0.15, 0.2) is 0 Å². The number of rotatable bonds is 11. The summed E-state index contributed by atoms with van der Waals surface area (Å²) < 4.78 is 15.2. The van der Waals surface area contributed by atoms with E-state index in [-0.39, 0.29) is 24.9 Å². The molecule has 36 heavy (non-hydrogen) atoms. The van der Waals surface area contributed by atoms with E-state index in [1.165, 1.54) is 56.9 Å². The average molecular weight is 495 g/mol. The summed E-state index contributed by atoms with van der Waals surface area (Å²) in [5.74, 6) is 2.51. The minimum absolute atomic E-state index is 0.122. The first-order valence-electron chi connectivity index (χ1n) is 14.7. The molecule has 2 aromatic carbocycles. The Balaban J connectivity index is 1.32. The number of halogens is 1. The van der Waals surface area contributed by atoms with E-state index in [1.807, 2.05) is 6.07 Å². The van der Waals surface area contributed by atoms with Crippen LogP contribution >= 0.6 is 0 Å². The molecule has 4 rings (SSSR count). The van der Waals surface area contributed by atoms with Crippen LogP contribution in [0.2, 0.25) is 0 Å². The fourth-order valence-electron chi connectivity index (χ4n) is 6.99. The van der Waals surface area contributed by atoms with Crippen molar-refractivity contribution in [3.05, 3.63) is 59.4 Å². The maximum absolute atomic E-state index is 15.2. The molecule has 2 aliphatic rings. The lowest BCUT2D eigenvalue weighted by molar-refractivity contribution is 0.114. The van der Waals surface area contributed by atoms with Crippen molar-refractivity contribution in [1.29, 1.82) is 0 Å². The highest BCUT2D eigenvalue weighted by atomic mass is 19.1. The Morgan fingerprint density at radius 3 is 2.06 bits per heavy atom. The van der Waals surface area contributed by atoms with Gasteiger partial charge >= 0.3 is 0 Å². The predicted octanol–water partition coefficient (Wildman–Crippen LogP) is 8.61. The highest BCUT2D eigenvalue weighted by Gasteiger charge is 2.28. The van der Waals surface area contributed by atoms with Gasteiger partial charge in [-0.15, -0.1) is 0 Å². The van der Waals surface area contributed by atoms with Crippen molar-refractivity contribution in [3.8, 4) is 11.1 Å². The molecule has 2 aromatic rings. The zero-order chi connectivity index (χ0) is 25.3. The molecule has 2 N–H and O–H groups in total. The summed E-state index contributed by atoms with van der Waals surface area (Å²) in [6.07, 6.45) is 15.6. The van der Waals surface area contributed by atoms with Crippen LogP contribution in [0.25, 0.3) is 11.1 Å². The monoisotopic (exact) mass is 494 g/mol. The van der Waals surface area contributed by atoms with Crippen molar-refractivity contribution in [3.63, 3.8) is 0 Å². The van der Waals surface area contributed by atoms with Crippen LogP contribution in [0.4, 0.5) is 4.39 Å². The van der Waals surface area contributed by atoms with E-state index in [2.05, 4.69) is 37.3 Å². The molecule has 0 heterocycles. The molecule has 2 fully saturated rings.